The van der Waals surface area contributed by atoms with Crippen molar-refractivity contribution in [2.75, 3.05) is 39.6 Å². The van der Waals surface area contributed by atoms with Crippen molar-refractivity contribution in [3.05, 3.63) is 73.4 Å². The minimum atomic E-state index is -2.08. The third kappa shape index (κ3) is 14.1. The summed E-state index contributed by atoms with van der Waals surface area (Å²) in [4.78, 5) is 0. The summed E-state index contributed by atoms with van der Waals surface area (Å²) in [6.45, 7) is 7.42. The predicted molar refractivity (Wildman–Crippen MR) is 284 cm³/mol. The quantitative estimate of drug-likeness (QED) is 0.0456. The van der Waals surface area contributed by atoms with E-state index >= 15 is 0 Å². The highest BCUT2D eigenvalue weighted by molar-refractivity contribution is 6.81. The van der Waals surface area contributed by atoms with E-state index in [-0.39, 0.29) is 13.2 Å². The molecule has 476 valence electrons. The lowest BCUT2D eigenvalue weighted by Crippen LogP contribution is -2.72. The average molecular weight is 1220 g/mol. The van der Waals surface area contributed by atoms with Crippen LogP contribution in [0, 0.1) is 0 Å². The summed E-state index contributed by atoms with van der Waals surface area (Å²) < 4.78 is 84.8. The van der Waals surface area contributed by atoms with Crippen molar-refractivity contribution in [2.45, 2.75) is 228 Å². The zero-order valence-corrected chi connectivity index (χ0v) is 47.3. The van der Waals surface area contributed by atoms with Crippen LogP contribution in [-0.2, 0) is 79.3 Å². The van der Waals surface area contributed by atoms with Crippen LogP contribution in [0.4, 0.5) is 0 Å². The molecule has 13 aliphatic rings. The van der Waals surface area contributed by atoms with Crippen molar-refractivity contribution in [1.82, 2.24) is 0 Å². The van der Waals surface area contributed by atoms with E-state index in [2.05, 4.69) is 19.7 Å². The second-order valence-electron chi connectivity index (χ2n) is 22.8. The van der Waals surface area contributed by atoms with E-state index in [0.29, 0.717) is 0 Å². The SMILES string of the molecule is C=CC[Si](CC=C)(CC=C)CCCc1ccc(COCC2OC3OC4C(CO)OC(OC5CC(O)C(OC5CO)OC5C(CO)OC(OC6C(CO)OC(OC7C(CO)OC8OC2C(OC8C7O)C3O)C(O)C6O)C(O)C5O)C(O)C4O)cc1. The zero-order valence-electron chi connectivity index (χ0n) is 46.3. The Kier molecular flexibility index (Phi) is 23.1. The van der Waals surface area contributed by atoms with Crippen molar-refractivity contribution in [2.24, 2.45) is 0 Å². The van der Waals surface area contributed by atoms with Crippen LogP contribution in [0.2, 0.25) is 24.2 Å². The summed E-state index contributed by atoms with van der Waals surface area (Å²) in [5.74, 6) is 0. The number of fused-ring (bicyclic) bond motifs is 2. The van der Waals surface area contributed by atoms with Crippen molar-refractivity contribution in [1.29, 1.82) is 0 Å². The molecule has 0 radical (unpaired) electrons. The molecule has 13 saturated heterocycles. The van der Waals surface area contributed by atoms with E-state index < -0.39 is 226 Å². The van der Waals surface area contributed by atoms with Crippen molar-refractivity contribution < 1.29 is 138 Å². The minimum absolute atomic E-state index is 0.0640. The second-order valence-corrected chi connectivity index (χ2v) is 27.5. The molecule has 1 aromatic carbocycles. The third-order valence-electron chi connectivity index (χ3n) is 17.1. The Labute approximate surface area is 485 Å². The van der Waals surface area contributed by atoms with Crippen molar-refractivity contribution in [3.63, 3.8) is 0 Å². The maximum atomic E-state index is 12.1. The van der Waals surface area contributed by atoms with Crippen LogP contribution in [0.25, 0.3) is 0 Å². The molecule has 0 aromatic heterocycles. The molecule has 84 heavy (non-hydrogen) atoms. The first kappa shape index (κ1) is 66.0. The molecular weight excluding hydrogens is 1140 g/mol. The van der Waals surface area contributed by atoms with Crippen LogP contribution in [0.1, 0.15) is 24.0 Å². The van der Waals surface area contributed by atoms with Crippen LogP contribution in [-0.4, -0.2) is 297 Å². The predicted octanol–water partition coefficient (Wildman–Crippen LogP) is -4.82. The Balaban J connectivity index is 0.971. The fraction of sp³-hybridized carbons (Fsp3) is 0.782. The fourth-order valence-electron chi connectivity index (χ4n) is 12.6. The van der Waals surface area contributed by atoms with Gasteiger partial charge in [-0.2, -0.15) is 0 Å². The highest BCUT2D eigenvalue weighted by atomic mass is 28.3. The topological polar surface area (TPSA) is 412 Å². The summed E-state index contributed by atoms with van der Waals surface area (Å²) in [5, 5.41) is 157. The van der Waals surface area contributed by atoms with Gasteiger partial charge >= 0.3 is 0 Å². The lowest BCUT2D eigenvalue weighted by Gasteiger charge is -2.55. The standard InChI is InChI=1S/C55H84O28Si/c1-4-13-84(14-5-2,15-6-3)16-7-8-25-9-11-26(12-10-25)23-70-24-34-47-48-42(69)54(77-34)81-45-31(20-58)73-51(38(65)35(45)62)71-28-17-27(61)50(72-29(28)18-56)79-43-30(19-57)74-52(39(66)36(43)63)80-44-32(21-59)75-53(40(67)37(44)64)82-46-33(22-60)76-55(83-47)49(78-48)41(46)68/h4-6,9-12,27-69H,1-3,7-8,13-24H2. The summed E-state index contributed by atoms with van der Waals surface area (Å²) in [7, 11) is -1.69. The molecule has 13 aliphatic heterocycles. The molecule has 29 unspecified atom stereocenters. The number of aliphatic hydroxyl groups excluding tert-OH is 14. The summed E-state index contributed by atoms with van der Waals surface area (Å²) in [6, 6.07) is 11.9. The number of hydrogen-bond donors (Lipinski definition) is 14. The third-order valence-corrected chi connectivity index (χ3v) is 22.0. The molecule has 14 N–H and O–H groups in total. The molecule has 0 amide bonds. The summed E-state index contributed by atoms with van der Waals surface area (Å²) >= 11 is 0. The van der Waals surface area contributed by atoms with Gasteiger partial charge in [0.1, 0.15) is 134 Å². The molecular formula is C55H84O28Si. The van der Waals surface area contributed by atoms with E-state index in [4.69, 9.17) is 66.3 Å². The molecule has 13 heterocycles. The summed E-state index contributed by atoms with van der Waals surface area (Å²) in [5.41, 5.74) is 1.94. The molecule has 12 bridgehead atoms. The van der Waals surface area contributed by atoms with Gasteiger partial charge in [0.15, 0.2) is 37.7 Å². The van der Waals surface area contributed by atoms with E-state index in [1.54, 1.807) is 0 Å². The van der Waals surface area contributed by atoms with Gasteiger partial charge in [-0.3, -0.25) is 0 Å². The van der Waals surface area contributed by atoms with Crippen LogP contribution < -0.4 is 0 Å². The maximum absolute atomic E-state index is 12.1. The van der Waals surface area contributed by atoms with Crippen molar-refractivity contribution >= 4 is 8.07 Å². The van der Waals surface area contributed by atoms with E-state index in [0.717, 1.165) is 48.1 Å². The fourth-order valence-corrected chi connectivity index (χ4v) is 16.4. The number of benzene rings is 1. The Hall–Kier alpha value is -2.46. The first-order valence-corrected chi connectivity index (χ1v) is 31.4. The Bertz CT molecular complexity index is 2210. The maximum Gasteiger partial charge on any atom is 0.187 e. The molecule has 0 aliphatic carbocycles. The van der Waals surface area contributed by atoms with E-state index in [1.165, 1.54) is 0 Å². The van der Waals surface area contributed by atoms with Gasteiger partial charge in [-0.15, -0.1) is 19.7 Å². The van der Waals surface area contributed by atoms with Gasteiger partial charge in [0.25, 0.3) is 0 Å². The molecule has 0 spiro atoms. The second kappa shape index (κ2) is 29.4. The average Bonchev–Trinajstić information content (AvgIpc) is 1.68. The number of allylic oxidation sites excluding steroid dienone is 3. The van der Waals surface area contributed by atoms with E-state index in [9.17, 15) is 71.5 Å². The molecule has 29 atom stereocenters. The van der Waals surface area contributed by atoms with Gasteiger partial charge in [0, 0.05) is 6.42 Å². The van der Waals surface area contributed by atoms with Gasteiger partial charge in [-0.05, 0) is 35.7 Å². The highest BCUT2D eigenvalue weighted by Gasteiger charge is 2.61. The lowest BCUT2D eigenvalue weighted by molar-refractivity contribution is -0.432. The monoisotopic (exact) mass is 1220 g/mol. The molecule has 1 aromatic rings. The number of aliphatic hydroxyl groups is 14. The molecule has 14 rings (SSSR count). The largest absolute Gasteiger partial charge is 0.394 e. The highest BCUT2D eigenvalue weighted by Crippen LogP contribution is 2.42. The smallest absolute Gasteiger partial charge is 0.187 e. The summed E-state index contributed by atoms with van der Waals surface area (Å²) in [6.07, 6.45) is -41.9. The molecule has 13 fully saturated rings. The minimum Gasteiger partial charge on any atom is -0.394 e. The van der Waals surface area contributed by atoms with Gasteiger partial charge in [-0.25, -0.2) is 0 Å². The van der Waals surface area contributed by atoms with Gasteiger partial charge in [-0.1, -0.05) is 55.0 Å². The van der Waals surface area contributed by atoms with Crippen LogP contribution in [0.5, 0.6) is 0 Å². The number of hydrogen-bond acceptors (Lipinski definition) is 28. The molecule has 28 nitrogen and oxygen atoms in total. The Morgan fingerprint density at radius 1 is 0.405 bits per heavy atom. The zero-order chi connectivity index (χ0) is 60.1. The van der Waals surface area contributed by atoms with Crippen LogP contribution >= 0.6 is 0 Å². The van der Waals surface area contributed by atoms with E-state index in [1.807, 2.05) is 42.5 Å². The number of rotatable bonds is 19. The van der Waals surface area contributed by atoms with Gasteiger partial charge < -0.3 is 138 Å². The van der Waals surface area contributed by atoms with Crippen LogP contribution in [0.15, 0.2) is 62.2 Å². The molecule has 29 heteroatoms. The molecule has 0 saturated carbocycles. The van der Waals surface area contributed by atoms with Crippen molar-refractivity contribution in [3.8, 4) is 0 Å². The first-order valence-electron chi connectivity index (χ1n) is 28.6. The lowest BCUT2D eigenvalue weighted by atomic mass is 9.92. The Morgan fingerprint density at radius 2 is 0.810 bits per heavy atom. The normalized spacial score (nSPS) is 45.5. The number of ether oxygens (including phenoxy) is 14. The van der Waals surface area contributed by atoms with Gasteiger partial charge in [0.2, 0.25) is 0 Å². The first-order chi connectivity index (χ1) is 40.4. The number of aryl methyl sites for hydroxylation is 1. The van der Waals surface area contributed by atoms with Crippen LogP contribution in [0.3, 0.4) is 0 Å². The Morgan fingerprint density at radius 3 is 1.30 bits per heavy atom. The van der Waals surface area contributed by atoms with Gasteiger partial charge in [0.05, 0.1) is 60.4 Å².